The predicted molar refractivity (Wildman–Crippen MR) is 124 cm³/mol. The van der Waals surface area contributed by atoms with Crippen LogP contribution < -0.4 is 25.1 Å². The number of methoxy groups -OCH3 is 3. The highest BCUT2D eigenvalue weighted by atomic mass is 32.1. The van der Waals surface area contributed by atoms with Gasteiger partial charge in [0.1, 0.15) is 11.5 Å². The number of aromatic amines is 1. The van der Waals surface area contributed by atoms with Gasteiger partial charge in [-0.2, -0.15) is 9.78 Å². The molecular formula is C22H21N5O5S. The van der Waals surface area contributed by atoms with Gasteiger partial charge < -0.3 is 19.5 Å². The highest BCUT2D eigenvalue weighted by molar-refractivity contribution is 7.13. The molecule has 3 aromatic heterocycles. The van der Waals surface area contributed by atoms with Gasteiger partial charge in [0.25, 0.3) is 11.5 Å². The Bertz CT molecular complexity index is 1340. The van der Waals surface area contributed by atoms with Crippen LogP contribution in [0.5, 0.6) is 17.2 Å². The van der Waals surface area contributed by atoms with E-state index in [-0.39, 0.29) is 17.1 Å². The number of carbonyl (C=O) groups excluding carboxylic acids is 1. The largest absolute Gasteiger partial charge is 0.493 e. The molecule has 0 aliphatic heterocycles. The van der Waals surface area contributed by atoms with Crippen molar-refractivity contribution in [3.8, 4) is 33.8 Å². The Balaban J connectivity index is 1.77. The third-order valence-corrected chi connectivity index (χ3v) is 5.60. The molecule has 2 N–H and O–H groups in total. The summed E-state index contributed by atoms with van der Waals surface area (Å²) < 4.78 is 17.4. The Morgan fingerprint density at radius 3 is 2.39 bits per heavy atom. The second-order valence-electron chi connectivity index (χ2n) is 6.88. The predicted octanol–water partition coefficient (Wildman–Crippen LogP) is 3.27. The molecule has 170 valence electrons. The molecule has 11 heteroatoms. The molecule has 0 unspecified atom stereocenters. The van der Waals surface area contributed by atoms with Gasteiger partial charge in [-0.1, -0.05) is 6.07 Å². The number of hydrogen-bond donors (Lipinski definition) is 2. The van der Waals surface area contributed by atoms with Crippen LogP contribution in [0.4, 0.5) is 5.82 Å². The van der Waals surface area contributed by atoms with Gasteiger partial charge in [0.2, 0.25) is 11.7 Å². The van der Waals surface area contributed by atoms with Crippen LogP contribution in [0.2, 0.25) is 0 Å². The molecule has 4 aromatic rings. The fourth-order valence-corrected chi connectivity index (χ4v) is 3.92. The van der Waals surface area contributed by atoms with Crippen molar-refractivity contribution in [1.82, 2.24) is 19.7 Å². The summed E-state index contributed by atoms with van der Waals surface area (Å²) in [5, 5.41) is 9.32. The average Bonchev–Trinajstić information content (AvgIpc) is 3.47. The third kappa shape index (κ3) is 4.44. The number of rotatable bonds is 7. The van der Waals surface area contributed by atoms with E-state index in [9.17, 15) is 9.59 Å². The van der Waals surface area contributed by atoms with E-state index >= 15 is 0 Å². The van der Waals surface area contributed by atoms with E-state index in [1.807, 2.05) is 17.5 Å². The van der Waals surface area contributed by atoms with E-state index < -0.39 is 5.91 Å². The fraction of sp³-hybridized carbons (Fsp3) is 0.182. The van der Waals surface area contributed by atoms with E-state index in [0.29, 0.717) is 34.5 Å². The number of amides is 1. The maximum Gasteiger partial charge on any atom is 0.257 e. The molecule has 10 nitrogen and oxygen atoms in total. The van der Waals surface area contributed by atoms with E-state index in [1.54, 1.807) is 25.1 Å². The Kier molecular flexibility index (Phi) is 6.13. The summed E-state index contributed by atoms with van der Waals surface area (Å²) in [4.78, 5) is 33.1. The van der Waals surface area contributed by atoms with Gasteiger partial charge >= 0.3 is 0 Å². The molecule has 33 heavy (non-hydrogen) atoms. The normalized spacial score (nSPS) is 10.7. The highest BCUT2D eigenvalue weighted by Gasteiger charge is 2.20. The molecule has 0 aliphatic rings. The smallest absolute Gasteiger partial charge is 0.257 e. The van der Waals surface area contributed by atoms with Crippen LogP contribution >= 0.6 is 11.3 Å². The second-order valence-corrected chi connectivity index (χ2v) is 7.83. The van der Waals surface area contributed by atoms with Crippen LogP contribution in [0.25, 0.3) is 16.5 Å². The van der Waals surface area contributed by atoms with Crippen LogP contribution in [0.15, 0.2) is 46.6 Å². The number of aryl methyl sites for hydroxylation is 1. The molecule has 0 saturated heterocycles. The summed E-state index contributed by atoms with van der Waals surface area (Å²) in [6, 6.07) is 9.99. The Morgan fingerprint density at radius 1 is 1.09 bits per heavy atom. The van der Waals surface area contributed by atoms with Crippen molar-refractivity contribution in [2.24, 2.45) is 0 Å². The number of aromatic nitrogens is 4. The van der Waals surface area contributed by atoms with Crippen molar-refractivity contribution in [3.63, 3.8) is 0 Å². The number of ether oxygens (including phenoxy) is 3. The Hall–Kier alpha value is -4.12. The summed E-state index contributed by atoms with van der Waals surface area (Å²) in [6.45, 7) is 1.70. The minimum absolute atomic E-state index is 0.183. The van der Waals surface area contributed by atoms with Gasteiger partial charge in [0.05, 0.1) is 26.2 Å². The maximum atomic E-state index is 13.2. The number of hydrogen-bond acceptors (Lipinski definition) is 8. The first-order valence-electron chi connectivity index (χ1n) is 9.77. The molecule has 3 heterocycles. The maximum absolute atomic E-state index is 13.2. The monoisotopic (exact) mass is 467 g/mol. The van der Waals surface area contributed by atoms with Crippen LogP contribution in [0.1, 0.15) is 16.1 Å². The topological polar surface area (TPSA) is 120 Å². The number of thiophene rings is 1. The molecule has 0 atom stereocenters. The highest BCUT2D eigenvalue weighted by Crippen LogP contribution is 2.38. The second kappa shape index (κ2) is 9.17. The van der Waals surface area contributed by atoms with Crippen molar-refractivity contribution in [3.05, 3.63) is 63.4 Å². The quantitative estimate of drug-likeness (QED) is 0.428. The molecule has 0 bridgehead atoms. The number of benzene rings is 1. The van der Waals surface area contributed by atoms with Crippen molar-refractivity contribution in [2.75, 3.05) is 26.6 Å². The molecule has 1 amide bonds. The molecule has 0 spiro atoms. The molecule has 0 radical (unpaired) electrons. The summed E-state index contributed by atoms with van der Waals surface area (Å²) >= 11 is 1.50. The van der Waals surface area contributed by atoms with Gasteiger partial charge in [-0.3, -0.25) is 14.6 Å². The number of anilines is 1. The molecule has 0 aliphatic carbocycles. The van der Waals surface area contributed by atoms with Crippen molar-refractivity contribution < 1.29 is 19.0 Å². The number of nitrogens with one attached hydrogen (secondary N) is 2. The van der Waals surface area contributed by atoms with E-state index in [2.05, 4.69) is 20.4 Å². The first-order valence-corrected chi connectivity index (χ1v) is 10.6. The molecule has 0 fully saturated rings. The first kappa shape index (κ1) is 22.1. The molecule has 4 rings (SSSR count). The molecule has 0 saturated carbocycles. The van der Waals surface area contributed by atoms with Crippen molar-refractivity contribution >= 4 is 23.1 Å². The van der Waals surface area contributed by atoms with Crippen molar-refractivity contribution in [1.29, 1.82) is 0 Å². The zero-order valence-corrected chi connectivity index (χ0v) is 19.1. The summed E-state index contributed by atoms with van der Waals surface area (Å²) in [5.74, 6) is 1.14. The molecular weight excluding hydrogens is 446 g/mol. The zero-order chi connectivity index (χ0) is 23.5. The summed E-state index contributed by atoms with van der Waals surface area (Å²) in [6.07, 6.45) is 0. The number of carbonyl (C=O) groups is 1. The minimum Gasteiger partial charge on any atom is -0.493 e. The molecule has 1 aromatic carbocycles. The lowest BCUT2D eigenvalue weighted by atomic mass is 10.1. The Labute approximate surface area is 192 Å². The fourth-order valence-electron chi connectivity index (χ4n) is 3.24. The third-order valence-electron chi connectivity index (χ3n) is 4.71. The van der Waals surface area contributed by atoms with Crippen molar-refractivity contribution in [2.45, 2.75) is 6.92 Å². The SMILES string of the molecule is COc1cc(C(=O)Nc2cc(-c3cccs3)nn2-c2nc(C)cc(=O)[nH]2)cc(OC)c1OC. The lowest BCUT2D eigenvalue weighted by Gasteiger charge is -2.14. The summed E-state index contributed by atoms with van der Waals surface area (Å²) in [5.41, 5.74) is 1.09. The lowest BCUT2D eigenvalue weighted by Crippen LogP contribution is -2.19. The van der Waals surface area contributed by atoms with E-state index in [4.69, 9.17) is 14.2 Å². The van der Waals surface area contributed by atoms with Gasteiger partial charge in [-0.05, 0) is 30.5 Å². The van der Waals surface area contributed by atoms with E-state index in [1.165, 1.54) is 43.4 Å². The van der Waals surface area contributed by atoms with Gasteiger partial charge in [-0.15, -0.1) is 11.3 Å². The van der Waals surface area contributed by atoms with Crippen LogP contribution in [-0.2, 0) is 0 Å². The van der Waals surface area contributed by atoms with Gasteiger partial charge in [0.15, 0.2) is 11.5 Å². The standard InChI is InChI=1S/C22H21N5O5S/c1-12-8-19(28)25-22(23-12)27-18(11-14(26-27)17-6-5-7-33-17)24-21(29)13-9-15(30-2)20(32-4)16(10-13)31-3/h5-11H,1-4H3,(H,24,29)(H,23,25,28). The lowest BCUT2D eigenvalue weighted by molar-refractivity contribution is 0.102. The Morgan fingerprint density at radius 2 is 1.82 bits per heavy atom. The van der Waals surface area contributed by atoms with E-state index in [0.717, 1.165) is 4.88 Å². The number of nitrogens with zero attached hydrogens (tertiary/aromatic N) is 3. The van der Waals surface area contributed by atoms with Gasteiger partial charge in [-0.25, -0.2) is 4.98 Å². The van der Waals surface area contributed by atoms with Crippen LogP contribution in [-0.4, -0.2) is 47.0 Å². The van der Waals surface area contributed by atoms with Crippen LogP contribution in [0, 0.1) is 6.92 Å². The number of H-pyrrole nitrogens is 1. The average molecular weight is 468 g/mol. The minimum atomic E-state index is -0.442. The first-order chi connectivity index (χ1) is 15.9. The zero-order valence-electron chi connectivity index (χ0n) is 18.3. The van der Waals surface area contributed by atoms with Gasteiger partial charge in [0, 0.05) is 23.4 Å². The van der Waals surface area contributed by atoms with Crippen LogP contribution in [0.3, 0.4) is 0 Å². The summed E-state index contributed by atoms with van der Waals surface area (Å²) in [7, 11) is 4.43.